The second-order valence-corrected chi connectivity index (χ2v) is 8.94. The standard InChI is InChI=1S/C22H34BF3O2/c1-6-7-8-9-10-11-17(2)16-21(5)20(3,4)27-23(28-21)19-14-12-18(13-15-19)22(24,25)26/h12-15,17H,6-11,16H2,1-5H3. The second-order valence-electron chi connectivity index (χ2n) is 8.94. The minimum Gasteiger partial charge on any atom is -0.399 e. The molecule has 1 aromatic rings. The Balaban J connectivity index is 1.98. The molecule has 1 aliphatic rings. The van der Waals surface area contributed by atoms with Crippen molar-refractivity contribution in [1.29, 1.82) is 0 Å². The molecule has 0 aromatic heterocycles. The van der Waals surface area contributed by atoms with Gasteiger partial charge in [0.1, 0.15) is 0 Å². The molecule has 28 heavy (non-hydrogen) atoms. The summed E-state index contributed by atoms with van der Waals surface area (Å²) in [7, 11) is -0.640. The summed E-state index contributed by atoms with van der Waals surface area (Å²) in [6, 6.07) is 5.08. The van der Waals surface area contributed by atoms with Crippen LogP contribution in [0.4, 0.5) is 13.2 Å². The Kier molecular flexibility index (Phi) is 7.65. The average Bonchev–Trinajstić information content (AvgIpc) is 2.83. The summed E-state index contributed by atoms with van der Waals surface area (Å²) in [6.07, 6.45) is 4.01. The number of halogens is 3. The highest BCUT2D eigenvalue weighted by atomic mass is 19.4. The number of hydrogen-bond donors (Lipinski definition) is 0. The molecule has 2 atom stereocenters. The van der Waals surface area contributed by atoms with Gasteiger partial charge in [0.15, 0.2) is 0 Å². The summed E-state index contributed by atoms with van der Waals surface area (Å²) in [4.78, 5) is 0. The van der Waals surface area contributed by atoms with Crippen LogP contribution in [0.3, 0.4) is 0 Å². The fourth-order valence-electron chi connectivity index (χ4n) is 3.92. The molecule has 6 heteroatoms. The third kappa shape index (κ3) is 5.76. The molecule has 1 fully saturated rings. The lowest BCUT2D eigenvalue weighted by molar-refractivity contribution is -0.137. The summed E-state index contributed by atoms with van der Waals surface area (Å²) >= 11 is 0. The van der Waals surface area contributed by atoms with Crippen molar-refractivity contribution in [1.82, 2.24) is 0 Å². The molecule has 0 saturated carbocycles. The first-order valence-electron chi connectivity index (χ1n) is 10.5. The Morgan fingerprint density at radius 3 is 2.14 bits per heavy atom. The highest BCUT2D eigenvalue weighted by molar-refractivity contribution is 6.62. The Bertz CT molecular complexity index is 615. The van der Waals surface area contributed by atoms with Gasteiger partial charge >= 0.3 is 13.3 Å². The molecule has 0 N–H and O–H groups in total. The molecule has 0 aliphatic carbocycles. The zero-order valence-corrected chi connectivity index (χ0v) is 17.9. The molecule has 158 valence electrons. The first-order chi connectivity index (χ1) is 13.0. The molecule has 2 rings (SSSR count). The number of alkyl halides is 3. The van der Waals surface area contributed by atoms with Crippen LogP contribution in [-0.2, 0) is 15.5 Å². The van der Waals surface area contributed by atoms with Crippen LogP contribution in [0.1, 0.15) is 85.1 Å². The van der Waals surface area contributed by atoms with Gasteiger partial charge in [-0.15, -0.1) is 0 Å². The number of unbranched alkanes of at least 4 members (excludes halogenated alkanes) is 4. The Hall–Kier alpha value is -1.01. The van der Waals surface area contributed by atoms with E-state index >= 15 is 0 Å². The lowest BCUT2D eigenvalue weighted by Crippen LogP contribution is -2.46. The normalized spacial score (nSPS) is 23.2. The molecule has 0 bridgehead atoms. The molecule has 1 heterocycles. The van der Waals surface area contributed by atoms with E-state index in [9.17, 15) is 13.2 Å². The Morgan fingerprint density at radius 2 is 1.57 bits per heavy atom. The molecular weight excluding hydrogens is 364 g/mol. The van der Waals surface area contributed by atoms with Gasteiger partial charge in [0.2, 0.25) is 0 Å². The van der Waals surface area contributed by atoms with E-state index in [1.807, 2.05) is 13.8 Å². The van der Waals surface area contributed by atoms with Crippen LogP contribution in [0.2, 0.25) is 0 Å². The van der Waals surface area contributed by atoms with Gasteiger partial charge in [-0.1, -0.05) is 76.6 Å². The lowest BCUT2D eigenvalue weighted by atomic mass is 9.78. The SMILES string of the molecule is CCCCCCCC(C)CC1(C)OB(c2ccc(C(F)(F)F)cc2)OC1(C)C. The third-order valence-electron chi connectivity index (χ3n) is 6.09. The van der Waals surface area contributed by atoms with E-state index in [2.05, 4.69) is 20.8 Å². The Labute approximate surface area is 168 Å². The predicted molar refractivity (Wildman–Crippen MR) is 109 cm³/mol. The minimum atomic E-state index is -4.34. The molecule has 2 nitrogen and oxygen atoms in total. The molecule has 1 aromatic carbocycles. The van der Waals surface area contributed by atoms with E-state index in [1.54, 1.807) is 0 Å². The molecular formula is C22H34BF3O2. The predicted octanol–water partition coefficient (Wildman–Crippen LogP) is 6.37. The van der Waals surface area contributed by atoms with Crippen molar-refractivity contribution in [3.63, 3.8) is 0 Å². The molecule has 1 aliphatic heterocycles. The average molecular weight is 398 g/mol. The number of benzene rings is 1. The maximum Gasteiger partial charge on any atom is 0.494 e. The van der Waals surface area contributed by atoms with Crippen molar-refractivity contribution < 1.29 is 22.5 Å². The first kappa shape index (κ1) is 23.3. The summed E-state index contributed by atoms with van der Waals surface area (Å²) in [5.74, 6) is 0.501. The van der Waals surface area contributed by atoms with E-state index in [-0.39, 0.29) is 0 Å². The van der Waals surface area contributed by atoms with Gasteiger partial charge in [0.05, 0.1) is 16.8 Å². The highest BCUT2D eigenvalue weighted by Gasteiger charge is 2.54. The van der Waals surface area contributed by atoms with Crippen LogP contribution >= 0.6 is 0 Å². The highest BCUT2D eigenvalue weighted by Crippen LogP contribution is 2.42. The van der Waals surface area contributed by atoms with Crippen molar-refractivity contribution in [2.45, 2.75) is 96.9 Å². The maximum atomic E-state index is 12.8. The smallest absolute Gasteiger partial charge is 0.399 e. The van der Waals surface area contributed by atoms with Crippen molar-refractivity contribution in [3.8, 4) is 0 Å². The van der Waals surface area contributed by atoms with Crippen LogP contribution in [0, 0.1) is 5.92 Å². The summed E-state index contributed by atoms with van der Waals surface area (Å²) < 4.78 is 50.8. The molecule has 0 spiro atoms. The van der Waals surface area contributed by atoms with E-state index < -0.39 is 30.1 Å². The van der Waals surface area contributed by atoms with Crippen LogP contribution in [0.25, 0.3) is 0 Å². The molecule has 2 unspecified atom stereocenters. The lowest BCUT2D eigenvalue weighted by Gasteiger charge is -2.38. The largest absolute Gasteiger partial charge is 0.494 e. The molecule has 0 radical (unpaired) electrons. The minimum absolute atomic E-state index is 0.483. The fourth-order valence-corrected chi connectivity index (χ4v) is 3.92. The van der Waals surface area contributed by atoms with Crippen LogP contribution in [0.15, 0.2) is 24.3 Å². The van der Waals surface area contributed by atoms with Crippen molar-refractivity contribution >= 4 is 12.6 Å². The van der Waals surface area contributed by atoms with E-state index in [0.29, 0.717) is 11.4 Å². The van der Waals surface area contributed by atoms with E-state index in [1.165, 1.54) is 44.2 Å². The van der Waals surface area contributed by atoms with Crippen molar-refractivity contribution in [2.75, 3.05) is 0 Å². The van der Waals surface area contributed by atoms with Crippen molar-refractivity contribution in [3.05, 3.63) is 29.8 Å². The van der Waals surface area contributed by atoms with E-state index in [4.69, 9.17) is 9.31 Å². The summed E-state index contributed by atoms with van der Waals surface area (Å²) in [5.41, 5.74) is -1.04. The zero-order valence-electron chi connectivity index (χ0n) is 17.9. The van der Waals surface area contributed by atoms with Crippen LogP contribution in [0.5, 0.6) is 0 Å². The van der Waals surface area contributed by atoms with Gasteiger partial charge in [-0.3, -0.25) is 0 Å². The third-order valence-corrected chi connectivity index (χ3v) is 6.09. The Morgan fingerprint density at radius 1 is 0.964 bits per heavy atom. The van der Waals surface area contributed by atoms with Crippen LogP contribution in [-0.4, -0.2) is 18.3 Å². The van der Waals surface area contributed by atoms with Crippen LogP contribution < -0.4 is 5.46 Å². The topological polar surface area (TPSA) is 18.5 Å². The second kappa shape index (κ2) is 9.21. The quantitative estimate of drug-likeness (QED) is 0.355. The van der Waals surface area contributed by atoms with Gasteiger partial charge < -0.3 is 9.31 Å². The van der Waals surface area contributed by atoms with Gasteiger partial charge in [0.25, 0.3) is 0 Å². The van der Waals surface area contributed by atoms with Gasteiger partial charge in [-0.25, -0.2) is 0 Å². The van der Waals surface area contributed by atoms with Crippen molar-refractivity contribution in [2.24, 2.45) is 5.92 Å². The molecule has 1 saturated heterocycles. The maximum absolute atomic E-state index is 12.8. The monoisotopic (exact) mass is 398 g/mol. The van der Waals surface area contributed by atoms with E-state index in [0.717, 1.165) is 25.0 Å². The van der Waals surface area contributed by atoms with Gasteiger partial charge in [0, 0.05) is 0 Å². The number of rotatable bonds is 9. The first-order valence-corrected chi connectivity index (χ1v) is 10.5. The zero-order chi connectivity index (χ0) is 21.0. The van der Waals surface area contributed by atoms with Gasteiger partial charge in [-0.2, -0.15) is 13.2 Å². The number of hydrogen-bond acceptors (Lipinski definition) is 2. The fraction of sp³-hybridized carbons (Fsp3) is 0.727. The van der Waals surface area contributed by atoms with Gasteiger partial charge in [-0.05, 0) is 38.6 Å². The summed E-state index contributed by atoms with van der Waals surface area (Å²) in [5, 5.41) is 0. The molecule has 0 amide bonds. The summed E-state index contributed by atoms with van der Waals surface area (Å²) in [6.45, 7) is 10.5.